The van der Waals surface area contributed by atoms with Crippen molar-refractivity contribution >= 4 is 39.1 Å². The molecule has 0 spiro atoms. The smallest absolute Gasteiger partial charge is 0.347 e. The molecule has 1 aromatic rings. The number of hydrogen-bond acceptors (Lipinski definition) is 5. The maximum atomic E-state index is 12.6. The number of thioether (sulfide) groups is 1. The zero-order chi connectivity index (χ0) is 14.2. The lowest BCUT2D eigenvalue weighted by Gasteiger charge is -2.36. The van der Waals surface area contributed by atoms with Crippen LogP contribution in [-0.2, 0) is 10.0 Å². The maximum absolute atomic E-state index is 12.6. The van der Waals surface area contributed by atoms with E-state index < -0.39 is 16.0 Å². The van der Waals surface area contributed by atoms with Gasteiger partial charge in [0.1, 0.15) is 9.77 Å². The molecule has 0 aromatic carbocycles. The lowest BCUT2D eigenvalue weighted by Crippen LogP contribution is -2.47. The molecule has 1 fully saturated rings. The summed E-state index contributed by atoms with van der Waals surface area (Å²) in [5, 5.41) is 10.8. The lowest BCUT2D eigenvalue weighted by molar-refractivity contribution is 0.0698. The van der Waals surface area contributed by atoms with Gasteiger partial charge in [-0.05, 0) is 18.4 Å². The number of carbonyl (C=O) groups is 1. The summed E-state index contributed by atoms with van der Waals surface area (Å²) in [5.74, 6) is -0.460. The molecule has 5 nitrogen and oxygen atoms in total. The van der Waals surface area contributed by atoms with Crippen molar-refractivity contribution < 1.29 is 18.3 Å². The molecule has 2 unspecified atom stereocenters. The van der Waals surface area contributed by atoms with Gasteiger partial charge >= 0.3 is 5.97 Å². The van der Waals surface area contributed by atoms with E-state index in [1.165, 1.54) is 15.8 Å². The normalized spacial score (nSPS) is 25.4. The van der Waals surface area contributed by atoms with E-state index in [1.807, 2.05) is 13.8 Å². The van der Waals surface area contributed by atoms with E-state index in [0.29, 0.717) is 6.54 Å². The van der Waals surface area contributed by atoms with Crippen LogP contribution in [0.5, 0.6) is 0 Å². The first-order chi connectivity index (χ1) is 8.85. The van der Waals surface area contributed by atoms with Gasteiger partial charge in [0.05, 0.1) is 0 Å². The Balaban J connectivity index is 2.42. The molecule has 0 radical (unpaired) electrons. The number of sulfonamides is 1. The number of thiophene rings is 1. The van der Waals surface area contributed by atoms with Gasteiger partial charge in [0, 0.05) is 23.6 Å². The maximum Gasteiger partial charge on any atom is 0.347 e. The molecule has 2 heterocycles. The molecule has 8 heteroatoms. The summed E-state index contributed by atoms with van der Waals surface area (Å²) < 4.78 is 26.6. The topological polar surface area (TPSA) is 74.7 Å². The van der Waals surface area contributed by atoms with Gasteiger partial charge in [-0.2, -0.15) is 16.1 Å². The van der Waals surface area contributed by atoms with Crippen LogP contribution in [-0.4, -0.2) is 47.4 Å². The standard InChI is InChI=1S/C11H15NO4S3/c1-7-8(2)17-6-4-12(7)19(15,16)9-3-5-18-10(9)11(13)14/h3,5,7-8H,4,6H2,1-2H3,(H,13,14). The van der Waals surface area contributed by atoms with Crippen molar-refractivity contribution in [1.29, 1.82) is 0 Å². The number of hydrogen-bond donors (Lipinski definition) is 1. The van der Waals surface area contributed by atoms with Crippen LogP contribution in [0, 0.1) is 0 Å². The molecule has 1 N–H and O–H groups in total. The van der Waals surface area contributed by atoms with Crippen LogP contribution < -0.4 is 0 Å². The van der Waals surface area contributed by atoms with Crippen molar-refractivity contribution in [2.75, 3.05) is 12.3 Å². The number of nitrogens with zero attached hydrogens (tertiary/aromatic N) is 1. The second-order valence-corrected chi connectivity index (χ2v) is 8.61. The molecule has 0 amide bonds. The molecule has 0 aliphatic carbocycles. The molecule has 2 rings (SSSR count). The molecule has 1 aromatic heterocycles. The third kappa shape index (κ3) is 2.67. The molecule has 2 atom stereocenters. The van der Waals surface area contributed by atoms with Crippen molar-refractivity contribution in [3.05, 3.63) is 16.3 Å². The average Bonchev–Trinajstić information content (AvgIpc) is 2.82. The first kappa shape index (κ1) is 14.8. The van der Waals surface area contributed by atoms with Gasteiger partial charge in [0.2, 0.25) is 10.0 Å². The second kappa shape index (κ2) is 5.43. The van der Waals surface area contributed by atoms with Crippen molar-refractivity contribution in [1.82, 2.24) is 4.31 Å². The van der Waals surface area contributed by atoms with Gasteiger partial charge in [-0.3, -0.25) is 0 Å². The Hall–Kier alpha value is -0.570. The third-order valence-electron chi connectivity index (χ3n) is 3.24. The minimum atomic E-state index is -3.73. The van der Waals surface area contributed by atoms with E-state index in [0.717, 1.165) is 17.1 Å². The molecular weight excluding hydrogens is 306 g/mol. The SMILES string of the molecule is CC1SCCN(S(=O)(=O)c2ccsc2C(=O)O)C1C. The van der Waals surface area contributed by atoms with Crippen LogP contribution in [0.25, 0.3) is 0 Å². The predicted octanol–water partition coefficient (Wildman–Crippen LogP) is 1.96. The van der Waals surface area contributed by atoms with Crippen LogP contribution >= 0.6 is 23.1 Å². The highest BCUT2D eigenvalue weighted by molar-refractivity contribution is 8.00. The Labute approximate surface area is 120 Å². The van der Waals surface area contributed by atoms with E-state index in [1.54, 1.807) is 11.8 Å². The summed E-state index contributed by atoms with van der Waals surface area (Å²) in [4.78, 5) is 10.9. The van der Waals surface area contributed by atoms with E-state index in [4.69, 9.17) is 5.11 Å². The molecular formula is C11H15NO4S3. The largest absolute Gasteiger partial charge is 0.477 e. The molecule has 106 valence electrons. The Morgan fingerprint density at radius 2 is 2.16 bits per heavy atom. The van der Waals surface area contributed by atoms with Gasteiger partial charge in [-0.1, -0.05) is 6.92 Å². The second-order valence-electron chi connectivity index (χ2n) is 4.35. The Kier molecular flexibility index (Phi) is 4.24. The van der Waals surface area contributed by atoms with E-state index >= 15 is 0 Å². The first-order valence-corrected chi connectivity index (χ1v) is 9.16. The highest BCUT2D eigenvalue weighted by Crippen LogP contribution is 2.32. The van der Waals surface area contributed by atoms with E-state index in [-0.39, 0.29) is 21.1 Å². The molecule has 1 aliphatic heterocycles. The van der Waals surface area contributed by atoms with Gasteiger partial charge in [0.25, 0.3) is 0 Å². The van der Waals surface area contributed by atoms with Crippen molar-refractivity contribution in [2.45, 2.75) is 30.0 Å². The molecule has 0 saturated carbocycles. The van der Waals surface area contributed by atoms with Crippen LogP contribution in [0.4, 0.5) is 0 Å². The number of carboxylic acid groups (broad SMARTS) is 1. The fraction of sp³-hybridized carbons (Fsp3) is 0.545. The highest BCUT2D eigenvalue weighted by Gasteiger charge is 2.37. The summed E-state index contributed by atoms with van der Waals surface area (Å²) in [6.45, 7) is 4.28. The predicted molar refractivity (Wildman–Crippen MR) is 76.6 cm³/mol. The molecule has 19 heavy (non-hydrogen) atoms. The summed E-state index contributed by atoms with van der Waals surface area (Å²) in [6.07, 6.45) is 0. The van der Waals surface area contributed by atoms with Crippen LogP contribution in [0.1, 0.15) is 23.5 Å². The van der Waals surface area contributed by atoms with Gasteiger partial charge < -0.3 is 5.11 Å². The Bertz CT molecular complexity index is 581. The minimum absolute atomic E-state index is 0.0871. The Morgan fingerprint density at radius 1 is 1.47 bits per heavy atom. The van der Waals surface area contributed by atoms with Crippen molar-refractivity contribution in [3.63, 3.8) is 0 Å². The van der Waals surface area contributed by atoms with Crippen LogP contribution in [0.15, 0.2) is 16.3 Å². The van der Waals surface area contributed by atoms with Crippen LogP contribution in [0.2, 0.25) is 0 Å². The molecule has 1 saturated heterocycles. The fourth-order valence-corrected chi connectivity index (χ4v) is 6.26. The lowest BCUT2D eigenvalue weighted by atomic mass is 10.2. The summed E-state index contributed by atoms with van der Waals surface area (Å²) >= 11 is 2.67. The minimum Gasteiger partial charge on any atom is -0.477 e. The van der Waals surface area contributed by atoms with E-state index in [9.17, 15) is 13.2 Å². The van der Waals surface area contributed by atoms with E-state index in [2.05, 4.69) is 0 Å². The monoisotopic (exact) mass is 321 g/mol. The first-order valence-electron chi connectivity index (χ1n) is 5.80. The quantitative estimate of drug-likeness (QED) is 0.921. The number of carboxylic acids is 1. The molecule has 0 bridgehead atoms. The van der Waals surface area contributed by atoms with Crippen molar-refractivity contribution in [2.24, 2.45) is 0 Å². The highest BCUT2D eigenvalue weighted by atomic mass is 32.2. The summed E-state index contributed by atoms with van der Waals surface area (Å²) in [6, 6.07) is 1.24. The third-order valence-corrected chi connectivity index (χ3v) is 7.63. The van der Waals surface area contributed by atoms with Gasteiger partial charge in [0.15, 0.2) is 0 Å². The van der Waals surface area contributed by atoms with Crippen LogP contribution in [0.3, 0.4) is 0 Å². The van der Waals surface area contributed by atoms with Gasteiger partial charge in [-0.25, -0.2) is 13.2 Å². The zero-order valence-corrected chi connectivity index (χ0v) is 13.0. The average molecular weight is 321 g/mol. The molecule has 1 aliphatic rings. The summed E-state index contributed by atoms with van der Waals surface area (Å²) in [7, 11) is -3.73. The number of aromatic carboxylic acids is 1. The number of rotatable bonds is 3. The Morgan fingerprint density at radius 3 is 2.79 bits per heavy atom. The van der Waals surface area contributed by atoms with Crippen molar-refractivity contribution in [3.8, 4) is 0 Å². The zero-order valence-electron chi connectivity index (χ0n) is 10.6. The van der Waals surface area contributed by atoms with Gasteiger partial charge in [-0.15, -0.1) is 11.3 Å². The summed E-state index contributed by atoms with van der Waals surface area (Å²) in [5.41, 5.74) is 0. The fourth-order valence-electron chi connectivity index (χ4n) is 2.03.